The fourth-order valence-electron chi connectivity index (χ4n) is 2.74. The molecule has 0 aliphatic carbocycles. The highest BCUT2D eigenvalue weighted by Crippen LogP contribution is 2.34. The third-order valence-electron chi connectivity index (χ3n) is 4.31. The number of carbonyl (C=O) groups excluding carboxylic acids is 1. The second-order valence-corrected chi connectivity index (χ2v) is 7.88. The van der Waals surface area contributed by atoms with E-state index >= 15 is 0 Å². The van der Waals surface area contributed by atoms with E-state index in [0.29, 0.717) is 16.4 Å². The van der Waals surface area contributed by atoms with Crippen LogP contribution in [0.2, 0.25) is 5.02 Å². The topological polar surface area (TPSA) is 108 Å². The average Bonchev–Trinajstić information content (AvgIpc) is 3.40. The van der Waals surface area contributed by atoms with Gasteiger partial charge in [0.2, 0.25) is 0 Å². The van der Waals surface area contributed by atoms with E-state index in [1.54, 1.807) is 42.7 Å². The van der Waals surface area contributed by atoms with Crippen molar-refractivity contribution in [1.82, 2.24) is 19.3 Å². The predicted molar refractivity (Wildman–Crippen MR) is 117 cm³/mol. The van der Waals surface area contributed by atoms with E-state index in [1.165, 1.54) is 28.6 Å². The van der Waals surface area contributed by atoms with E-state index in [0.717, 1.165) is 10.1 Å². The summed E-state index contributed by atoms with van der Waals surface area (Å²) in [7, 11) is 1.88. The van der Waals surface area contributed by atoms with Gasteiger partial charge in [-0.25, -0.2) is 9.67 Å². The molecule has 11 heteroatoms. The summed E-state index contributed by atoms with van der Waals surface area (Å²) in [5, 5.41) is 19.2. The van der Waals surface area contributed by atoms with Gasteiger partial charge in [0.05, 0.1) is 16.3 Å². The quantitative estimate of drug-likeness (QED) is 0.337. The van der Waals surface area contributed by atoms with Crippen molar-refractivity contribution >= 4 is 40.6 Å². The fraction of sp³-hybridized carbons (Fsp3) is 0.0500. The average molecular weight is 455 g/mol. The molecule has 0 bridgehead atoms. The smallest absolute Gasteiger partial charge is 0.276 e. The maximum Gasteiger partial charge on any atom is 0.276 e. The molecule has 31 heavy (non-hydrogen) atoms. The second-order valence-electron chi connectivity index (χ2n) is 6.44. The molecule has 1 amide bonds. The van der Waals surface area contributed by atoms with Gasteiger partial charge in [-0.15, -0.1) is 0 Å². The summed E-state index contributed by atoms with van der Waals surface area (Å²) >= 11 is 7.53. The standard InChI is InChI=1S/C20H15ClN6O3S/c1-25-11-9-22-20(25)31-18-7-2-13(21)12-17(18)23-19(28)16-8-10-26(24-16)14-3-5-15(6-4-14)27(29)30/h2-12H,1H3,(H,23,28). The summed E-state index contributed by atoms with van der Waals surface area (Å²) in [4.78, 5) is 28.2. The summed E-state index contributed by atoms with van der Waals surface area (Å²) in [6, 6.07) is 12.7. The first kappa shape index (κ1) is 20.6. The van der Waals surface area contributed by atoms with Crippen LogP contribution in [0.15, 0.2) is 77.2 Å². The number of nitro benzene ring substituents is 1. The first-order chi connectivity index (χ1) is 14.9. The molecule has 4 aromatic rings. The first-order valence-electron chi connectivity index (χ1n) is 8.97. The Morgan fingerprint density at radius 2 is 1.94 bits per heavy atom. The van der Waals surface area contributed by atoms with Crippen LogP contribution >= 0.6 is 23.4 Å². The lowest BCUT2D eigenvalue weighted by Gasteiger charge is -2.10. The summed E-state index contributed by atoms with van der Waals surface area (Å²) in [5.41, 5.74) is 1.30. The molecule has 0 aliphatic heterocycles. The van der Waals surface area contributed by atoms with Crippen LogP contribution in [0.3, 0.4) is 0 Å². The number of nitrogens with zero attached hydrogens (tertiary/aromatic N) is 5. The van der Waals surface area contributed by atoms with Crippen molar-refractivity contribution in [2.75, 3.05) is 5.32 Å². The lowest BCUT2D eigenvalue weighted by Crippen LogP contribution is -2.14. The Morgan fingerprint density at radius 3 is 2.61 bits per heavy atom. The molecule has 2 aromatic carbocycles. The molecule has 0 unspecified atom stereocenters. The number of imidazole rings is 1. The van der Waals surface area contributed by atoms with Crippen LogP contribution < -0.4 is 5.32 Å². The lowest BCUT2D eigenvalue weighted by molar-refractivity contribution is -0.384. The highest BCUT2D eigenvalue weighted by molar-refractivity contribution is 7.99. The largest absolute Gasteiger partial charge is 0.329 e. The number of rotatable bonds is 6. The molecule has 2 heterocycles. The van der Waals surface area contributed by atoms with Crippen LogP contribution in [0.25, 0.3) is 5.69 Å². The highest BCUT2D eigenvalue weighted by atomic mass is 35.5. The van der Waals surface area contributed by atoms with Crippen molar-refractivity contribution in [1.29, 1.82) is 0 Å². The van der Waals surface area contributed by atoms with Gasteiger partial charge in [-0.2, -0.15) is 5.10 Å². The SMILES string of the molecule is Cn1ccnc1Sc1ccc(Cl)cc1NC(=O)c1ccn(-c2ccc([N+](=O)[O-])cc2)n1. The number of halogens is 1. The molecule has 0 spiro atoms. The molecule has 156 valence electrons. The number of non-ortho nitro benzene ring substituents is 1. The molecular formula is C20H15ClN6O3S. The number of carbonyl (C=O) groups is 1. The predicted octanol–water partition coefficient (Wildman–Crippen LogP) is 4.57. The molecule has 0 atom stereocenters. The van der Waals surface area contributed by atoms with Gasteiger partial charge in [-0.05, 0) is 48.2 Å². The molecule has 0 aliphatic rings. The summed E-state index contributed by atoms with van der Waals surface area (Å²) in [6.45, 7) is 0. The minimum Gasteiger partial charge on any atom is -0.329 e. The van der Waals surface area contributed by atoms with Gasteiger partial charge in [-0.3, -0.25) is 14.9 Å². The van der Waals surface area contributed by atoms with Crippen molar-refractivity contribution in [3.05, 3.63) is 88.0 Å². The Labute approximate surface area is 185 Å². The van der Waals surface area contributed by atoms with E-state index < -0.39 is 10.8 Å². The number of aromatic nitrogens is 4. The number of aryl methyl sites for hydroxylation is 1. The molecule has 2 aromatic heterocycles. The van der Waals surface area contributed by atoms with Crippen molar-refractivity contribution in [3.8, 4) is 5.69 Å². The van der Waals surface area contributed by atoms with Crippen LogP contribution in [0.1, 0.15) is 10.5 Å². The maximum atomic E-state index is 12.8. The zero-order valence-corrected chi connectivity index (χ0v) is 17.7. The monoisotopic (exact) mass is 454 g/mol. The highest BCUT2D eigenvalue weighted by Gasteiger charge is 2.15. The van der Waals surface area contributed by atoms with E-state index in [9.17, 15) is 14.9 Å². The van der Waals surface area contributed by atoms with Gasteiger partial charge in [0.15, 0.2) is 10.9 Å². The van der Waals surface area contributed by atoms with Gasteiger partial charge >= 0.3 is 0 Å². The fourth-order valence-corrected chi connectivity index (χ4v) is 3.78. The molecule has 0 saturated carbocycles. The van der Waals surface area contributed by atoms with Gasteiger partial charge in [0.1, 0.15) is 0 Å². The van der Waals surface area contributed by atoms with Crippen LogP contribution in [-0.2, 0) is 7.05 Å². The van der Waals surface area contributed by atoms with Crippen LogP contribution in [0.4, 0.5) is 11.4 Å². The molecule has 0 radical (unpaired) electrons. The maximum absolute atomic E-state index is 12.8. The minimum absolute atomic E-state index is 0.0208. The number of anilines is 1. The van der Waals surface area contributed by atoms with E-state index in [4.69, 9.17) is 11.6 Å². The number of nitrogens with one attached hydrogen (secondary N) is 1. The van der Waals surface area contributed by atoms with Gasteiger partial charge in [0.25, 0.3) is 11.6 Å². The van der Waals surface area contributed by atoms with Crippen molar-refractivity contribution in [2.45, 2.75) is 10.1 Å². The minimum atomic E-state index is -0.475. The zero-order valence-electron chi connectivity index (χ0n) is 16.1. The van der Waals surface area contributed by atoms with Crippen LogP contribution in [-0.4, -0.2) is 30.2 Å². The third kappa shape index (κ3) is 4.60. The van der Waals surface area contributed by atoms with Crippen LogP contribution in [0, 0.1) is 10.1 Å². The van der Waals surface area contributed by atoms with Crippen molar-refractivity contribution in [2.24, 2.45) is 7.05 Å². The molecule has 4 rings (SSSR count). The molecule has 9 nitrogen and oxygen atoms in total. The van der Waals surface area contributed by atoms with E-state index in [2.05, 4.69) is 15.4 Å². The number of benzene rings is 2. The third-order valence-corrected chi connectivity index (χ3v) is 5.70. The molecule has 0 saturated heterocycles. The Morgan fingerprint density at radius 1 is 1.16 bits per heavy atom. The van der Waals surface area contributed by atoms with Gasteiger partial charge in [-0.1, -0.05) is 11.6 Å². The van der Waals surface area contributed by atoms with Crippen molar-refractivity contribution < 1.29 is 9.72 Å². The molecular weight excluding hydrogens is 440 g/mol. The number of hydrogen-bond donors (Lipinski definition) is 1. The first-order valence-corrected chi connectivity index (χ1v) is 10.2. The molecule has 0 fully saturated rings. The summed E-state index contributed by atoms with van der Waals surface area (Å²) in [5.74, 6) is -0.412. The Hall–Kier alpha value is -3.63. The number of hydrogen-bond acceptors (Lipinski definition) is 6. The number of nitro groups is 1. The van der Waals surface area contributed by atoms with Gasteiger partial charge in [0, 0.05) is 47.7 Å². The van der Waals surface area contributed by atoms with E-state index in [-0.39, 0.29) is 11.4 Å². The Kier molecular flexibility index (Phi) is 5.74. The zero-order chi connectivity index (χ0) is 22.0. The van der Waals surface area contributed by atoms with Crippen molar-refractivity contribution in [3.63, 3.8) is 0 Å². The Balaban J connectivity index is 1.54. The summed E-state index contributed by atoms with van der Waals surface area (Å²) in [6.07, 6.45) is 5.14. The van der Waals surface area contributed by atoms with Gasteiger partial charge < -0.3 is 9.88 Å². The Bertz CT molecular complexity index is 1270. The summed E-state index contributed by atoms with van der Waals surface area (Å²) < 4.78 is 3.34. The number of amides is 1. The second kappa shape index (κ2) is 8.62. The normalized spacial score (nSPS) is 10.8. The van der Waals surface area contributed by atoms with Crippen LogP contribution in [0.5, 0.6) is 0 Å². The molecule has 1 N–H and O–H groups in total. The van der Waals surface area contributed by atoms with E-state index in [1.807, 2.05) is 23.9 Å². The lowest BCUT2D eigenvalue weighted by atomic mass is 10.3.